The monoisotopic (exact) mass is 153 g/mol. The Morgan fingerprint density at radius 2 is 2.45 bits per heavy atom. The summed E-state index contributed by atoms with van der Waals surface area (Å²) in [5.41, 5.74) is 0. The van der Waals surface area contributed by atoms with Crippen LogP contribution < -0.4 is 5.32 Å². The second-order valence-electron chi connectivity index (χ2n) is 2.56. The van der Waals surface area contributed by atoms with Crippen molar-refractivity contribution in [3.63, 3.8) is 0 Å². The van der Waals surface area contributed by atoms with Crippen LogP contribution in [0.4, 0.5) is 0 Å². The van der Waals surface area contributed by atoms with E-state index in [0.717, 1.165) is 25.3 Å². The van der Waals surface area contributed by atoms with E-state index in [-0.39, 0.29) is 0 Å². The van der Waals surface area contributed by atoms with Gasteiger partial charge in [0.1, 0.15) is 5.82 Å². The van der Waals surface area contributed by atoms with Crippen LogP contribution in [0.25, 0.3) is 0 Å². The zero-order valence-electron chi connectivity index (χ0n) is 7.17. The van der Waals surface area contributed by atoms with Gasteiger partial charge in [0, 0.05) is 32.4 Å². The van der Waals surface area contributed by atoms with Crippen molar-refractivity contribution in [2.24, 2.45) is 7.05 Å². The van der Waals surface area contributed by atoms with Gasteiger partial charge in [0.2, 0.25) is 0 Å². The highest BCUT2D eigenvalue weighted by molar-refractivity contribution is 4.91. The van der Waals surface area contributed by atoms with Gasteiger partial charge in [-0.3, -0.25) is 0 Å². The molecule has 1 heterocycles. The van der Waals surface area contributed by atoms with Gasteiger partial charge in [0.25, 0.3) is 0 Å². The average Bonchev–Trinajstić information content (AvgIpc) is 2.37. The van der Waals surface area contributed by atoms with Gasteiger partial charge in [0.05, 0.1) is 0 Å². The van der Waals surface area contributed by atoms with Crippen LogP contribution in [0.3, 0.4) is 0 Å². The van der Waals surface area contributed by atoms with Crippen LogP contribution in [0.1, 0.15) is 12.7 Å². The van der Waals surface area contributed by atoms with Gasteiger partial charge < -0.3 is 9.88 Å². The average molecular weight is 153 g/mol. The molecule has 0 atom stereocenters. The number of nitrogens with one attached hydrogen (secondary N) is 1. The van der Waals surface area contributed by atoms with Crippen molar-refractivity contribution in [1.29, 1.82) is 0 Å². The second kappa shape index (κ2) is 4.13. The Morgan fingerprint density at radius 3 is 3.00 bits per heavy atom. The minimum atomic E-state index is 1.01. The Balaban J connectivity index is 2.32. The van der Waals surface area contributed by atoms with Crippen molar-refractivity contribution < 1.29 is 0 Å². The minimum Gasteiger partial charge on any atom is -0.338 e. The number of likely N-dealkylation sites (N-methyl/N-ethyl adjacent to an activating group) is 1. The van der Waals surface area contributed by atoms with E-state index in [1.165, 1.54) is 0 Å². The van der Waals surface area contributed by atoms with E-state index >= 15 is 0 Å². The number of imidazole rings is 1. The molecule has 0 aliphatic heterocycles. The Labute approximate surface area is 67.4 Å². The molecule has 0 spiro atoms. The zero-order valence-corrected chi connectivity index (χ0v) is 7.17. The first kappa shape index (κ1) is 8.27. The Hall–Kier alpha value is -0.830. The van der Waals surface area contributed by atoms with Gasteiger partial charge in [-0.2, -0.15) is 0 Å². The summed E-state index contributed by atoms with van der Waals surface area (Å²) >= 11 is 0. The molecule has 0 radical (unpaired) electrons. The molecule has 0 aliphatic rings. The molecular weight excluding hydrogens is 138 g/mol. The van der Waals surface area contributed by atoms with Gasteiger partial charge in [-0.05, 0) is 6.54 Å². The van der Waals surface area contributed by atoms with Crippen LogP contribution in [0.15, 0.2) is 12.4 Å². The summed E-state index contributed by atoms with van der Waals surface area (Å²) in [6, 6.07) is 0. The first-order chi connectivity index (χ1) is 5.34. The Bertz CT molecular complexity index is 205. The van der Waals surface area contributed by atoms with Crippen LogP contribution in [0.2, 0.25) is 0 Å². The number of aromatic nitrogens is 2. The van der Waals surface area contributed by atoms with E-state index in [1.54, 1.807) is 0 Å². The molecule has 1 rings (SSSR count). The summed E-state index contributed by atoms with van der Waals surface area (Å²) < 4.78 is 2.05. The number of rotatable bonds is 4. The first-order valence-electron chi connectivity index (χ1n) is 4.01. The molecular formula is C8H15N3. The van der Waals surface area contributed by atoms with Crippen LogP contribution >= 0.6 is 0 Å². The lowest BCUT2D eigenvalue weighted by Crippen LogP contribution is -2.17. The fourth-order valence-corrected chi connectivity index (χ4v) is 1.01. The van der Waals surface area contributed by atoms with Crippen molar-refractivity contribution in [2.75, 3.05) is 13.1 Å². The molecule has 0 unspecified atom stereocenters. The van der Waals surface area contributed by atoms with Gasteiger partial charge in [-0.1, -0.05) is 6.92 Å². The second-order valence-corrected chi connectivity index (χ2v) is 2.56. The third kappa shape index (κ3) is 2.35. The zero-order chi connectivity index (χ0) is 8.10. The van der Waals surface area contributed by atoms with Gasteiger partial charge >= 0.3 is 0 Å². The Kier molecular flexibility index (Phi) is 3.11. The van der Waals surface area contributed by atoms with Gasteiger partial charge in [-0.15, -0.1) is 0 Å². The van der Waals surface area contributed by atoms with Crippen molar-refractivity contribution in [1.82, 2.24) is 14.9 Å². The van der Waals surface area contributed by atoms with E-state index in [0.29, 0.717) is 0 Å². The fourth-order valence-electron chi connectivity index (χ4n) is 1.01. The first-order valence-corrected chi connectivity index (χ1v) is 4.01. The fraction of sp³-hybridized carbons (Fsp3) is 0.625. The molecule has 0 aliphatic carbocycles. The molecule has 0 saturated heterocycles. The molecule has 0 fully saturated rings. The Morgan fingerprint density at radius 1 is 1.64 bits per heavy atom. The summed E-state index contributed by atoms with van der Waals surface area (Å²) in [5, 5.41) is 3.26. The standard InChI is InChI=1S/C8H15N3/c1-3-9-5-4-8-10-6-7-11(8)2/h6-7,9H,3-5H2,1-2H3. The van der Waals surface area contributed by atoms with Crippen molar-refractivity contribution in [3.05, 3.63) is 18.2 Å². The van der Waals surface area contributed by atoms with Crippen LogP contribution in [0, 0.1) is 0 Å². The summed E-state index contributed by atoms with van der Waals surface area (Å²) in [6.07, 6.45) is 4.82. The maximum absolute atomic E-state index is 4.21. The van der Waals surface area contributed by atoms with E-state index < -0.39 is 0 Å². The lowest BCUT2D eigenvalue weighted by atomic mass is 10.4. The molecule has 0 bridgehead atoms. The van der Waals surface area contributed by atoms with E-state index in [4.69, 9.17) is 0 Å². The highest BCUT2D eigenvalue weighted by Crippen LogP contribution is 1.93. The topological polar surface area (TPSA) is 29.9 Å². The largest absolute Gasteiger partial charge is 0.338 e. The lowest BCUT2D eigenvalue weighted by molar-refractivity contribution is 0.676. The predicted molar refractivity (Wildman–Crippen MR) is 45.5 cm³/mol. The van der Waals surface area contributed by atoms with E-state index in [2.05, 4.69) is 21.8 Å². The summed E-state index contributed by atoms with van der Waals surface area (Å²) in [7, 11) is 2.02. The van der Waals surface area contributed by atoms with Crippen molar-refractivity contribution in [2.45, 2.75) is 13.3 Å². The van der Waals surface area contributed by atoms with Crippen LogP contribution in [-0.2, 0) is 13.5 Å². The maximum atomic E-state index is 4.21. The quantitative estimate of drug-likeness (QED) is 0.641. The third-order valence-corrected chi connectivity index (χ3v) is 1.70. The lowest BCUT2D eigenvalue weighted by Gasteiger charge is -2.01. The molecule has 1 aromatic heterocycles. The number of hydrogen-bond donors (Lipinski definition) is 1. The number of nitrogens with zero attached hydrogens (tertiary/aromatic N) is 2. The molecule has 11 heavy (non-hydrogen) atoms. The van der Waals surface area contributed by atoms with Crippen LogP contribution in [0.5, 0.6) is 0 Å². The minimum absolute atomic E-state index is 1.01. The van der Waals surface area contributed by atoms with E-state index in [9.17, 15) is 0 Å². The molecule has 0 amide bonds. The summed E-state index contributed by atoms with van der Waals surface area (Å²) in [6.45, 7) is 4.16. The SMILES string of the molecule is CCNCCc1nccn1C. The molecule has 3 heteroatoms. The van der Waals surface area contributed by atoms with Crippen molar-refractivity contribution >= 4 is 0 Å². The third-order valence-electron chi connectivity index (χ3n) is 1.70. The molecule has 0 saturated carbocycles. The van der Waals surface area contributed by atoms with Gasteiger partial charge in [0.15, 0.2) is 0 Å². The maximum Gasteiger partial charge on any atom is 0.109 e. The smallest absolute Gasteiger partial charge is 0.109 e. The van der Waals surface area contributed by atoms with E-state index in [1.807, 2.05) is 19.4 Å². The molecule has 1 aromatic rings. The highest BCUT2D eigenvalue weighted by atomic mass is 15.0. The normalized spacial score (nSPS) is 10.4. The molecule has 1 N–H and O–H groups in total. The molecule has 3 nitrogen and oxygen atoms in total. The molecule has 62 valence electrons. The molecule has 0 aromatic carbocycles. The van der Waals surface area contributed by atoms with Crippen molar-refractivity contribution in [3.8, 4) is 0 Å². The van der Waals surface area contributed by atoms with Crippen LogP contribution in [-0.4, -0.2) is 22.6 Å². The number of aryl methyl sites for hydroxylation is 1. The predicted octanol–water partition coefficient (Wildman–Crippen LogP) is 0.572. The highest BCUT2D eigenvalue weighted by Gasteiger charge is 1.96. The summed E-state index contributed by atoms with van der Waals surface area (Å²) in [4.78, 5) is 4.21. The summed E-state index contributed by atoms with van der Waals surface area (Å²) in [5.74, 6) is 1.14. The van der Waals surface area contributed by atoms with Gasteiger partial charge in [-0.25, -0.2) is 4.98 Å². The number of hydrogen-bond acceptors (Lipinski definition) is 2.